The van der Waals surface area contributed by atoms with E-state index in [2.05, 4.69) is 22.3 Å². The van der Waals surface area contributed by atoms with Gasteiger partial charge in [0.05, 0.1) is 18.5 Å². The molecule has 164 valence electrons. The highest BCUT2D eigenvalue weighted by Crippen LogP contribution is 2.22. The normalized spacial score (nSPS) is 11.0. The fourth-order valence-corrected chi connectivity index (χ4v) is 3.78. The zero-order valence-electron chi connectivity index (χ0n) is 19.1. The molecule has 0 spiro atoms. The average Bonchev–Trinajstić information content (AvgIpc) is 3.04. The topological polar surface area (TPSA) is 59.4 Å². The summed E-state index contributed by atoms with van der Waals surface area (Å²) in [5, 5.41) is 7.77. The van der Waals surface area contributed by atoms with Gasteiger partial charge in [0.15, 0.2) is 0 Å². The van der Waals surface area contributed by atoms with Gasteiger partial charge in [-0.05, 0) is 63.2 Å². The molecule has 0 saturated heterocycles. The van der Waals surface area contributed by atoms with E-state index in [0.29, 0.717) is 19.4 Å². The SMILES string of the molecule is COc1cccc(-n2nc(C)c(CCC(=O)NCc3ccccc3CN(C)C)c2C)c1. The number of methoxy groups -OCH3 is 1. The number of carbonyl (C=O) groups is 1. The molecule has 6 heteroatoms. The fourth-order valence-electron chi connectivity index (χ4n) is 3.78. The number of carbonyl (C=O) groups excluding carboxylic acids is 1. The van der Waals surface area contributed by atoms with Crippen LogP contribution in [0.5, 0.6) is 5.75 Å². The van der Waals surface area contributed by atoms with E-state index in [1.165, 1.54) is 5.56 Å². The number of aryl methyl sites for hydroxylation is 1. The van der Waals surface area contributed by atoms with Crippen LogP contribution in [-0.4, -0.2) is 41.8 Å². The molecule has 2 aromatic carbocycles. The Labute approximate surface area is 184 Å². The summed E-state index contributed by atoms with van der Waals surface area (Å²) in [5.41, 5.74) is 6.46. The molecule has 0 aliphatic heterocycles. The summed E-state index contributed by atoms with van der Waals surface area (Å²) in [7, 11) is 5.75. The van der Waals surface area contributed by atoms with Crippen molar-refractivity contribution in [1.82, 2.24) is 20.0 Å². The minimum Gasteiger partial charge on any atom is -0.497 e. The van der Waals surface area contributed by atoms with Gasteiger partial charge in [-0.3, -0.25) is 4.79 Å². The Morgan fingerprint density at radius 3 is 2.55 bits per heavy atom. The smallest absolute Gasteiger partial charge is 0.220 e. The number of hydrogen-bond donors (Lipinski definition) is 1. The van der Waals surface area contributed by atoms with Crippen LogP contribution in [0.1, 0.15) is 34.5 Å². The largest absolute Gasteiger partial charge is 0.497 e. The number of nitrogens with zero attached hydrogens (tertiary/aromatic N) is 3. The van der Waals surface area contributed by atoms with Crippen molar-refractivity contribution in [3.8, 4) is 11.4 Å². The van der Waals surface area contributed by atoms with Crippen LogP contribution < -0.4 is 10.1 Å². The van der Waals surface area contributed by atoms with Crippen molar-refractivity contribution in [3.05, 3.63) is 76.6 Å². The predicted molar refractivity (Wildman–Crippen MR) is 124 cm³/mol. The van der Waals surface area contributed by atoms with Gasteiger partial charge in [-0.1, -0.05) is 30.3 Å². The molecule has 6 nitrogen and oxygen atoms in total. The maximum absolute atomic E-state index is 12.5. The molecule has 0 fully saturated rings. The van der Waals surface area contributed by atoms with E-state index >= 15 is 0 Å². The van der Waals surface area contributed by atoms with Crippen molar-refractivity contribution in [3.63, 3.8) is 0 Å². The fraction of sp³-hybridized carbons (Fsp3) is 0.360. The molecule has 0 aliphatic rings. The van der Waals surface area contributed by atoms with Crippen LogP contribution in [-0.2, 0) is 24.3 Å². The highest BCUT2D eigenvalue weighted by atomic mass is 16.5. The van der Waals surface area contributed by atoms with Gasteiger partial charge in [0.2, 0.25) is 5.91 Å². The lowest BCUT2D eigenvalue weighted by atomic mass is 10.1. The van der Waals surface area contributed by atoms with Crippen LogP contribution in [0.15, 0.2) is 48.5 Å². The minimum absolute atomic E-state index is 0.0487. The molecule has 0 radical (unpaired) electrons. The molecule has 0 saturated carbocycles. The molecule has 1 N–H and O–H groups in total. The van der Waals surface area contributed by atoms with Gasteiger partial charge < -0.3 is 15.0 Å². The molecule has 31 heavy (non-hydrogen) atoms. The van der Waals surface area contributed by atoms with E-state index in [1.807, 2.05) is 69.0 Å². The zero-order valence-corrected chi connectivity index (χ0v) is 19.1. The zero-order chi connectivity index (χ0) is 22.4. The van der Waals surface area contributed by atoms with Crippen LogP contribution in [0.3, 0.4) is 0 Å². The van der Waals surface area contributed by atoms with Crippen molar-refractivity contribution in [1.29, 1.82) is 0 Å². The Bertz CT molecular complexity index is 1040. The Morgan fingerprint density at radius 1 is 1.10 bits per heavy atom. The average molecular weight is 421 g/mol. The van der Waals surface area contributed by atoms with E-state index < -0.39 is 0 Å². The summed E-state index contributed by atoms with van der Waals surface area (Å²) < 4.78 is 7.25. The van der Waals surface area contributed by atoms with Gasteiger partial charge in [0.25, 0.3) is 0 Å². The van der Waals surface area contributed by atoms with E-state index in [4.69, 9.17) is 9.84 Å². The van der Waals surface area contributed by atoms with Crippen molar-refractivity contribution in [2.24, 2.45) is 0 Å². The second-order valence-corrected chi connectivity index (χ2v) is 8.05. The van der Waals surface area contributed by atoms with Gasteiger partial charge in [0.1, 0.15) is 5.75 Å². The summed E-state index contributed by atoms with van der Waals surface area (Å²) in [6.45, 7) is 5.44. The Morgan fingerprint density at radius 2 is 1.84 bits per heavy atom. The van der Waals surface area contributed by atoms with Gasteiger partial charge in [-0.2, -0.15) is 5.10 Å². The lowest BCUT2D eigenvalue weighted by Gasteiger charge is -2.14. The highest BCUT2D eigenvalue weighted by molar-refractivity contribution is 5.76. The number of hydrogen-bond acceptors (Lipinski definition) is 4. The molecule has 0 unspecified atom stereocenters. The summed E-state index contributed by atoms with van der Waals surface area (Å²) >= 11 is 0. The monoisotopic (exact) mass is 420 g/mol. The third kappa shape index (κ3) is 5.73. The van der Waals surface area contributed by atoms with Crippen LogP contribution in [0.25, 0.3) is 5.69 Å². The maximum atomic E-state index is 12.5. The number of aromatic nitrogens is 2. The first kappa shape index (κ1) is 22.6. The van der Waals surface area contributed by atoms with Gasteiger partial charge in [-0.15, -0.1) is 0 Å². The second-order valence-electron chi connectivity index (χ2n) is 8.05. The van der Waals surface area contributed by atoms with E-state index in [-0.39, 0.29) is 5.91 Å². The van der Waals surface area contributed by atoms with Crippen molar-refractivity contribution >= 4 is 5.91 Å². The predicted octanol–water partition coefficient (Wildman–Crippen LogP) is 3.81. The lowest BCUT2D eigenvalue weighted by Crippen LogP contribution is -2.24. The molecule has 0 bridgehead atoms. The molecule has 0 aliphatic carbocycles. The first-order chi connectivity index (χ1) is 14.9. The molecule has 3 aromatic rings. The molecule has 1 heterocycles. The summed E-state index contributed by atoms with van der Waals surface area (Å²) in [5.74, 6) is 0.841. The first-order valence-electron chi connectivity index (χ1n) is 10.6. The van der Waals surface area contributed by atoms with E-state index in [1.54, 1.807) is 7.11 Å². The minimum atomic E-state index is 0.0487. The third-order valence-corrected chi connectivity index (χ3v) is 5.42. The number of benzene rings is 2. The number of amides is 1. The molecule has 1 aromatic heterocycles. The van der Waals surface area contributed by atoms with Gasteiger partial charge >= 0.3 is 0 Å². The molecule has 0 atom stereocenters. The number of rotatable bonds is 9. The second kappa shape index (κ2) is 10.3. The molecule has 1 amide bonds. The van der Waals surface area contributed by atoms with Crippen molar-refractivity contribution < 1.29 is 9.53 Å². The Kier molecular flexibility index (Phi) is 7.47. The van der Waals surface area contributed by atoms with E-state index in [0.717, 1.165) is 40.5 Å². The van der Waals surface area contributed by atoms with Crippen LogP contribution >= 0.6 is 0 Å². The summed E-state index contributed by atoms with van der Waals surface area (Å²) in [6.07, 6.45) is 1.09. The molecular weight excluding hydrogens is 388 g/mol. The lowest BCUT2D eigenvalue weighted by molar-refractivity contribution is -0.121. The van der Waals surface area contributed by atoms with Gasteiger partial charge in [-0.25, -0.2) is 4.68 Å². The first-order valence-corrected chi connectivity index (χ1v) is 10.6. The summed E-state index contributed by atoms with van der Waals surface area (Å²) in [6, 6.07) is 16.1. The Balaban J connectivity index is 1.63. The van der Waals surface area contributed by atoms with Crippen LogP contribution in [0.2, 0.25) is 0 Å². The van der Waals surface area contributed by atoms with Crippen molar-refractivity contribution in [2.45, 2.75) is 39.8 Å². The Hall–Kier alpha value is -3.12. The van der Waals surface area contributed by atoms with Crippen LogP contribution in [0, 0.1) is 13.8 Å². The van der Waals surface area contributed by atoms with Crippen LogP contribution in [0.4, 0.5) is 0 Å². The third-order valence-electron chi connectivity index (χ3n) is 5.42. The highest BCUT2D eigenvalue weighted by Gasteiger charge is 2.15. The number of ether oxygens (including phenoxy) is 1. The molecule has 3 rings (SSSR count). The van der Waals surface area contributed by atoms with Gasteiger partial charge in [0, 0.05) is 31.3 Å². The maximum Gasteiger partial charge on any atom is 0.220 e. The number of nitrogens with one attached hydrogen (secondary N) is 1. The van der Waals surface area contributed by atoms with Crippen molar-refractivity contribution in [2.75, 3.05) is 21.2 Å². The summed E-state index contributed by atoms with van der Waals surface area (Å²) in [4.78, 5) is 14.7. The quantitative estimate of drug-likeness (QED) is 0.572. The van der Waals surface area contributed by atoms with E-state index in [9.17, 15) is 4.79 Å². The standard InChI is InChI=1S/C25H32N4O2/c1-18-24(19(2)29(27-18)22-11-8-12-23(15-22)31-5)13-14-25(30)26-16-20-9-6-7-10-21(20)17-28(3)4/h6-12,15H,13-14,16-17H2,1-5H3,(H,26,30). The molecular formula is C25H32N4O2.